The van der Waals surface area contributed by atoms with Crippen LogP contribution in [-0.2, 0) is 21.7 Å². The number of benzene rings is 2. The summed E-state index contributed by atoms with van der Waals surface area (Å²) in [6, 6.07) is 18.3. The van der Waals surface area contributed by atoms with Crippen molar-refractivity contribution in [2.24, 2.45) is 0 Å². The zero-order valence-corrected chi connectivity index (χ0v) is 16.6. The Morgan fingerprint density at radius 1 is 1.11 bits per heavy atom. The molecule has 0 aliphatic carbocycles. The largest absolute Gasteiger partial charge is 0.369 e. The van der Waals surface area contributed by atoms with E-state index in [1.54, 1.807) is 0 Å². The second-order valence-electron chi connectivity index (χ2n) is 6.83. The Hall–Kier alpha value is -1.65. The van der Waals surface area contributed by atoms with Gasteiger partial charge in [-0.3, -0.25) is 0 Å². The zero-order chi connectivity index (χ0) is 19.0. The average Bonchev–Trinajstić information content (AvgIpc) is 2.72. The minimum absolute atomic E-state index is 0.0716. The van der Waals surface area contributed by atoms with Crippen molar-refractivity contribution in [1.29, 1.82) is 0 Å². The summed E-state index contributed by atoms with van der Waals surface area (Å²) in [7, 11) is 0. The van der Waals surface area contributed by atoms with Crippen molar-refractivity contribution in [3.05, 3.63) is 82.9 Å². The molecular formula is C23H28ClNO2. The highest BCUT2D eigenvalue weighted by Gasteiger charge is 2.44. The summed E-state index contributed by atoms with van der Waals surface area (Å²) in [6.45, 7) is 4.91. The fourth-order valence-electron chi connectivity index (χ4n) is 3.53. The summed E-state index contributed by atoms with van der Waals surface area (Å²) < 4.78 is 12.9. The number of ether oxygens (including phenoxy) is 2. The predicted molar refractivity (Wildman–Crippen MR) is 111 cm³/mol. The molecule has 3 nitrogen and oxygen atoms in total. The van der Waals surface area contributed by atoms with Crippen molar-refractivity contribution in [2.75, 3.05) is 19.7 Å². The van der Waals surface area contributed by atoms with Crippen molar-refractivity contribution < 1.29 is 9.47 Å². The van der Waals surface area contributed by atoms with E-state index in [0.717, 1.165) is 42.1 Å². The monoisotopic (exact) mass is 385 g/mol. The van der Waals surface area contributed by atoms with Crippen LogP contribution in [0.2, 0.25) is 5.02 Å². The van der Waals surface area contributed by atoms with Crippen molar-refractivity contribution in [1.82, 2.24) is 5.32 Å². The number of hydrogen-bond donors (Lipinski definition) is 1. The second kappa shape index (κ2) is 10.0. The molecule has 27 heavy (non-hydrogen) atoms. The summed E-state index contributed by atoms with van der Waals surface area (Å²) in [5, 5.41) is 4.19. The highest BCUT2D eigenvalue weighted by Crippen LogP contribution is 2.38. The van der Waals surface area contributed by atoms with E-state index in [-0.39, 0.29) is 6.10 Å². The van der Waals surface area contributed by atoms with E-state index in [2.05, 4.69) is 48.7 Å². The molecule has 0 saturated carbocycles. The van der Waals surface area contributed by atoms with E-state index in [0.29, 0.717) is 13.2 Å². The molecule has 2 aromatic carbocycles. The van der Waals surface area contributed by atoms with Crippen molar-refractivity contribution in [2.45, 2.75) is 38.1 Å². The maximum absolute atomic E-state index is 6.62. The Morgan fingerprint density at radius 3 is 2.63 bits per heavy atom. The molecule has 3 rings (SSSR count). The third-order valence-electron chi connectivity index (χ3n) is 4.99. The fraction of sp³-hybridized carbons (Fsp3) is 0.391. The SMILES string of the molecule is CCC=CCOC1CNCCC1(OCc1ccccc1)c1ccc(Cl)cc1. The van der Waals surface area contributed by atoms with Crippen LogP contribution in [-0.4, -0.2) is 25.8 Å². The number of allylic oxidation sites excluding steroid dienone is 1. The van der Waals surface area contributed by atoms with Gasteiger partial charge in [0.2, 0.25) is 0 Å². The van der Waals surface area contributed by atoms with Crippen LogP contribution in [0.25, 0.3) is 0 Å². The molecule has 1 aliphatic rings. The molecule has 0 spiro atoms. The predicted octanol–water partition coefficient (Wildman–Crippen LogP) is 5.10. The van der Waals surface area contributed by atoms with Crippen molar-refractivity contribution in [3.63, 3.8) is 0 Å². The lowest BCUT2D eigenvalue weighted by Gasteiger charge is -2.44. The Bertz CT molecular complexity index is 717. The van der Waals surface area contributed by atoms with Gasteiger partial charge in [0.05, 0.1) is 13.2 Å². The lowest BCUT2D eigenvalue weighted by molar-refractivity contribution is -0.168. The molecule has 0 aromatic heterocycles. The molecule has 1 aliphatic heterocycles. The summed E-state index contributed by atoms with van der Waals surface area (Å²) in [6.07, 6.45) is 6.00. The lowest BCUT2D eigenvalue weighted by atomic mass is 9.82. The molecule has 2 unspecified atom stereocenters. The normalized spacial score (nSPS) is 23.0. The summed E-state index contributed by atoms with van der Waals surface area (Å²) in [5.41, 5.74) is 1.79. The van der Waals surface area contributed by atoms with Crippen LogP contribution in [0.3, 0.4) is 0 Å². The van der Waals surface area contributed by atoms with Gasteiger partial charge in [-0.05, 0) is 42.6 Å². The van der Waals surface area contributed by atoms with Gasteiger partial charge in [0, 0.05) is 11.6 Å². The van der Waals surface area contributed by atoms with Gasteiger partial charge >= 0.3 is 0 Å². The molecule has 0 amide bonds. The number of hydrogen-bond acceptors (Lipinski definition) is 3. The summed E-state index contributed by atoms with van der Waals surface area (Å²) in [4.78, 5) is 0. The van der Waals surface area contributed by atoms with Crippen LogP contribution in [0.1, 0.15) is 30.9 Å². The highest BCUT2D eigenvalue weighted by molar-refractivity contribution is 6.30. The van der Waals surface area contributed by atoms with Gasteiger partial charge in [0.25, 0.3) is 0 Å². The topological polar surface area (TPSA) is 30.5 Å². The first-order valence-corrected chi connectivity index (χ1v) is 10.0. The molecule has 2 atom stereocenters. The third kappa shape index (κ3) is 5.20. The highest BCUT2D eigenvalue weighted by atomic mass is 35.5. The molecule has 0 radical (unpaired) electrons. The Balaban J connectivity index is 1.86. The van der Waals surface area contributed by atoms with Gasteiger partial charge in [-0.2, -0.15) is 0 Å². The Morgan fingerprint density at radius 2 is 1.89 bits per heavy atom. The van der Waals surface area contributed by atoms with Crippen LogP contribution >= 0.6 is 11.6 Å². The van der Waals surface area contributed by atoms with E-state index >= 15 is 0 Å². The Kier molecular flexibility index (Phi) is 7.48. The minimum atomic E-state index is -0.494. The van der Waals surface area contributed by atoms with Gasteiger partial charge in [0.1, 0.15) is 11.7 Å². The van der Waals surface area contributed by atoms with E-state index < -0.39 is 5.60 Å². The number of rotatable bonds is 8. The molecule has 1 fully saturated rings. The van der Waals surface area contributed by atoms with E-state index in [4.69, 9.17) is 21.1 Å². The molecule has 0 bridgehead atoms. The van der Waals surface area contributed by atoms with Crippen LogP contribution < -0.4 is 5.32 Å². The minimum Gasteiger partial charge on any atom is -0.369 e. The number of halogens is 1. The third-order valence-corrected chi connectivity index (χ3v) is 5.24. The van der Waals surface area contributed by atoms with Crippen LogP contribution in [0.4, 0.5) is 0 Å². The van der Waals surface area contributed by atoms with E-state index in [1.807, 2.05) is 30.3 Å². The van der Waals surface area contributed by atoms with Crippen LogP contribution in [0.15, 0.2) is 66.7 Å². The molecule has 144 valence electrons. The smallest absolute Gasteiger partial charge is 0.122 e. The molecule has 1 N–H and O–H groups in total. The van der Waals surface area contributed by atoms with Gasteiger partial charge in [0.15, 0.2) is 0 Å². The molecule has 4 heteroatoms. The molecular weight excluding hydrogens is 358 g/mol. The van der Waals surface area contributed by atoms with Crippen LogP contribution in [0, 0.1) is 0 Å². The summed E-state index contributed by atoms with van der Waals surface area (Å²) in [5.74, 6) is 0. The van der Waals surface area contributed by atoms with E-state index in [9.17, 15) is 0 Å². The van der Waals surface area contributed by atoms with Gasteiger partial charge in [-0.15, -0.1) is 0 Å². The average molecular weight is 386 g/mol. The first-order valence-electron chi connectivity index (χ1n) is 9.66. The molecule has 1 heterocycles. The zero-order valence-electron chi connectivity index (χ0n) is 15.9. The lowest BCUT2D eigenvalue weighted by Crippen LogP contribution is -2.54. The Labute approximate surface area is 167 Å². The van der Waals surface area contributed by atoms with Crippen molar-refractivity contribution >= 4 is 11.6 Å². The summed E-state index contributed by atoms with van der Waals surface area (Å²) >= 11 is 6.13. The van der Waals surface area contributed by atoms with Gasteiger partial charge < -0.3 is 14.8 Å². The maximum atomic E-state index is 6.62. The molecule has 2 aromatic rings. The van der Waals surface area contributed by atoms with Gasteiger partial charge in [-0.1, -0.05) is 73.1 Å². The number of piperidine rings is 1. The first kappa shape index (κ1) is 20.1. The standard InChI is InChI=1S/C23H28ClNO2/c1-2-3-7-16-26-22-17-25-15-14-23(22,20-10-12-21(24)13-11-20)27-18-19-8-5-4-6-9-19/h3-13,22,25H,2,14-18H2,1H3. The second-order valence-corrected chi connectivity index (χ2v) is 7.26. The van der Waals surface area contributed by atoms with Crippen LogP contribution in [0.5, 0.6) is 0 Å². The first-order chi connectivity index (χ1) is 13.2. The number of nitrogens with one attached hydrogen (secondary N) is 1. The van der Waals surface area contributed by atoms with Crippen molar-refractivity contribution in [3.8, 4) is 0 Å². The van der Waals surface area contributed by atoms with Gasteiger partial charge in [-0.25, -0.2) is 0 Å². The maximum Gasteiger partial charge on any atom is 0.122 e. The quantitative estimate of drug-likeness (QED) is 0.641. The fourth-order valence-corrected chi connectivity index (χ4v) is 3.66. The van der Waals surface area contributed by atoms with E-state index in [1.165, 1.54) is 0 Å². The molecule has 1 saturated heterocycles.